The van der Waals surface area contributed by atoms with E-state index < -0.39 is 0 Å². The maximum atomic E-state index is 12.2. The Morgan fingerprint density at radius 2 is 1.89 bits per heavy atom. The molecule has 0 aliphatic rings. The number of hydrogen-bond acceptors (Lipinski definition) is 2. The number of unbranched alkanes of at least 4 members (excludes halogenated alkanes) is 1. The van der Waals surface area contributed by atoms with Crippen LogP contribution in [0.5, 0.6) is 0 Å². The second-order valence-electron chi connectivity index (χ2n) is 4.88. The van der Waals surface area contributed by atoms with Crippen LogP contribution in [0.3, 0.4) is 0 Å². The quantitative estimate of drug-likeness (QED) is 0.732. The fourth-order valence-electron chi connectivity index (χ4n) is 2.20. The van der Waals surface area contributed by atoms with Gasteiger partial charge >= 0.3 is 5.97 Å². The molecule has 2 aromatic rings. The predicted molar refractivity (Wildman–Crippen MR) is 78.4 cm³/mol. The molecule has 0 radical (unpaired) electrons. The molecule has 0 bridgehead atoms. The minimum absolute atomic E-state index is 0.0218. The van der Waals surface area contributed by atoms with Crippen LogP contribution in [-0.2, 0) is 4.74 Å². The standard InChI is InChI=1S/C17H20O2/c1-3-4-8-13(2)19-17(18)16-12-7-10-14-9-5-6-11-15(14)16/h5-7,9-13H,3-4,8H2,1-2H3/t13-/m1/s1. The topological polar surface area (TPSA) is 26.3 Å². The summed E-state index contributed by atoms with van der Waals surface area (Å²) in [4.78, 5) is 12.2. The minimum Gasteiger partial charge on any atom is -0.459 e. The maximum absolute atomic E-state index is 12.2. The van der Waals surface area contributed by atoms with Crippen LogP contribution in [-0.4, -0.2) is 12.1 Å². The summed E-state index contributed by atoms with van der Waals surface area (Å²) >= 11 is 0. The van der Waals surface area contributed by atoms with Crippen LogP contribution < -0.4 is 0 Å². The number of esters is 1. The van der Waals surface area contributed by atoms with E-state index in [1.54, 1.807) is 0 Å². The zero-order valence-corrected chi connectivity index (χ0v) is 11.6. The molecule has 2 aromatic carbocycles. The van der Waals surface area contributed by atoms with Gasteiger partial charge in [-0.3, -0.25) is 0 Å². The summed E-state index contributed by atoms with van der Waals surface area (Å²) in [7, 11) is 0. The Hall–Kier alpha value is -1.83. The molecule has 0 amide bonds. The van der Waals surface area contributed by atoms with E-state index in [1.807, 2.05) is 49.4 Å². The van der Waals surface area contributed by atoms with Gasteiger partial charge < -0.3 is 4.74 Å². The zero-order chi connectivity index (χ0) is 13.7. The van der Waals surface area contributed by atoms with Gasteiger partial charge in [-0.25, -0.2) is 4.79 Å². The fourth-order valence-corrected chi connectivity index (χ4v) is 2.20. The monoisotopic (exact) mass is 256 g/mol. The highest BCUT2D eigenvalue weighted by atomic mass is 16.5. The first kappa shape index (κ1) is 13.6. The first-order chi connectivity index (χ1) is 9.22. The van der Waals surface area contributed by atoms with Crippen molar-refractivity contribution >= 4 is 16.7 Å². The molecule has 2 nitrogen and oxygen atoms in total. The highest BCUT2D eigenvalue weighted by molar-refractivity contribution is 6.04. The Labute approximate surface area is 114 Å². The first-order valence-electron chi connectivity index (χ1n) is 6.91. The lowest BCUT2D eigenvalue weighted by Gasteiger charge is -2.13. The summed E-state index contributed by atoms with van der Waals surface area (Å²) < 4.78 is 5.51. The molecular formula is C17H20O2. The molecule has 0 N–H and O–H groups in total. The fraction of sp³-hybridized carbons (Fsp3) is 0.353. The van der Waals surface area contributed by atoms with Crippen molar-refractivity contribution in [2.24, 2.45) is 0 Å². The molecule has 0 heterocycles. The Morgan fingerprint density at radius 1 is 1.16 bits per heavy atom. The molecule has 1 atom stereocenters. The number of carbonyl (C=O) groups is 1. The molecule has 2 heteroatoms. The first-order valence-corrected chi connectivity index (χ1v) is 6.91. The Balaban J connectivity index is 2.17. The lowest BCUT2D eigenvalue weighted by Crippen LogP contribution is -2.15. The van der Waals surface area contributed by atoms with Crippen molar-refractivity contribution in [3.05, 3.63) is 48.0 Å². The van der Waals surface area contributed by atoms with Crippen LogP contribution in [0.1, 0.15) is 43.5 Å². The van der Waals surface area contributed by atoms with Crippen molar-refractivity contribution in [2.75, 3.05) is 0 Å². The van der Waals surface area contributed by atoms with E-state index in [-0.39, 0.29) is 12.1 Å². The maximum Gasteiger partial charge on any atom is 0.339 e. The van der Waals surface area contributed by atoms with Crippen molar-refractivity contribution in [2.45, 2.75) is 39.2 Å². The predicted octanol–water partition coefficient (Wildman–Crippen LogP) is 4.58. The SMILES string of the molecule is CCCC[C@@H](C)OC(=O)c1cccc2ccccc12. The third-order valence-corrected chi connectivity index (χ3v) is 3.28. The second kappa shape index (κ2) is 6.37. The number of rotatable bonds is 5. The number of benzene rings is 2. The molecule has 2 rings (SSSR count). The van der Waals surface area contributed by atoms with Crippen molar-refractivity contribution in [3.63, 3.8) is 0 Å². The third-order valence-electron chi connectivity index (χ3n) is 3.28. The van der Waals surface area contributed by atoms with Gasteiger partial charge in [-0.2, -0.15) is 0 Å². The molecule has 0 aromatic heterocycles. The van der Waals surface area contributed by atoms with Crippen LogP contribution in [0.2, 0.25) is 0 Å². The molecule has 0 aliphatic carbocycles. The van der Waals surface area contributed by atoms with Crippen molar-refractivity contribution in [1.82, 2.24) is 0 Å². The average Bonchev–Trinajstić information content (AvgIpc) is 2.44. The molecule has 0 unspecified atom stereocenters. The van der Waals surface area contributed by atoms with Gasteiger partial charge in [0, 0.05) is 0 Å². The number of ether oxygens (including phenoxy) is 1. The molecule has 0 aliphatic heterocycles. The molecule has 0 spiro atoms. The summed E-state index contributed by atoms with van der Waals surface area (Å²) in [6.07, 6.45) is 3.11. The average molecular weight is 256 g/mol. The van der Waals surface area contributed by atoms with E-state index in [0.29, 0.717) is 5.56 Å². The summed E-state index contributed by atoms with van der Waals surface area (Å²) in [5, 5.41) is 2.02. The minimum atomic E-state index is -0.222. The molecule has 0 fully saturated rings. The summed E-state index contributed by atoms with van der Waals surface area (Å²) in [6, 6.07) is 13.6. The normalized spacial score (nSPS) is 12.3. The Morgan fingerprint density at radius 3 is 2.68 bits per heavy atom. The number of fused-ring (bicyclic) bond motifs is 1. The van der Waals surface area contributed by atoms with Gasteiger partial charge in [0.05, 0.1) is 11.7 Å². The van der Waals surface area contributed by atoms with E-state index in [9.17, 15) is 4.79 Å². The van der Waals surface area contributed by atoms with Crippen LogP contribution in [0.4, 0.5) is 0 Å². The third kappa shape index (κ3) is 3.34. The lowest BCUT2D eigenvalue weighted by atomic mass is 10.0. The summed E-state index contributed by atoms with van der Waals surface area (Å²) in [6.45, 7) is 4.10. The van der Waals surface area contributed by atoms with Crippen molar-refractivity contribution in [3.8, 4) is 0 Å². The lowest BCUT2D eigenvalue weighted by molar-refractivity contribution is 0.0323. The Bertz CT molecular complexity index is 555. The number of hydrogen-bond donors (Lipinski definition) is 0. The van der Waals surface area contributed by atoms with Crippen LogP contribution in [0, 0.1) is 0 Å². The van der Waals surface area contributed by atoms with E-state index in [0.717, 1.165) is 30.0 Å². The van der Waals surface area contributed by atoms with Crippen molar-refractivity contribution < 1.29 is 9.53 Å². The van der Waals surface area contributed by atoms with Crippen molar-refractivity contribution in [1.29, 1.82) is 0 Å². The zero-order valence-electron chi connectivity index (χ0n) is 11.6. The van der Waals surface area contributed by atoms with Gasteiger partial charge in [-0.1, -0.05) is 56.2 Å². The van der Waals surface area contributed by atoms with E-state index in [2.05, 4.69) is 6.92 Å². The largest absolute Gasteiger partial charge is 0.459 e. The van der Waals surface area contributed by atoms with E-state index in [1.165, 1.54) is 0 Å². The van der Waals surface area contributed by atoms with E-state index in [4.69, 9.17) is 4.74 Å². The van der Waals surface area contributed by atoms with Crippen LogP contribution >= 0.6 is 0 Å². The molecule has 0 saturated heterocycles. The van der Waals surface area contributed by atoms with Crippen LogP contribution in [0.25, 0.3) is 10.8 Å². The van der Waals surface area contributed by atoms with Gasteiger partial charge in [0.2, 0.25) is 0 Å². The van der Waals surface area contributed by atoms with Gasteiger partial charge in [0.1, 0.15) is 0 Å². The van der Waals surface area contributed by atoms with Crippen LogP contribution in [0.15, 0.2) is 42.5 Å². The molecule has 100 valence electrons. The second-order valence-corrected chi connectivity index (χ2v) is 4.88. The molecule has 19 heavy (non-hydrogen) atoms. The number of carbonyl (C=O) groups excluding carboxylic acids is 1. The molecular weight excluding hydrogens is 236 g/mol. The van der Waals surface area contributed by atoms with Gasteiger partial charge in [0.25, 0.3) is 0 Å². The highest BCUT2D eigenvalue weighted by Crippen LogP contribution is 2.20. The van der Waals surface area contributed by atoms with Gasteiger partial charge in [-0.15, -0.1) is 0 Å². The molecule has 0 saturated carbocycles. The summed E-state index contributed by atoms with van der Waals surface area (Å²) in [5.41, 5.74) is 0.654. The summed E-state index contributed by atoms with van der Waals surface area (Å²) in [5.74, 6) is -0.222. The smallest absolute Gasteiger partial charge is 0.339 e. The van der Waals surface area contributed by atoms with Gasteiger partial charge in [0.15, 0.2) is 0 Å². The Kier molecular flexibility index (Phi) is 4.56. The highest BCUT2D eigenvalue weighted by Gasteiger charge is 2.14. The van der Waals surface area contributed by atoms with Gasteiger partial charge in [-0.05, 0) is 30.2 Å². The van der Waals surface area contributed by atoms with E-state index >= 15 is 0 Å².